The maximum absolute atomic E-state index is 10.9. The fourth-order valence-electron chi connectivity index (χ4n) is 3.25. The Balaban J connectivity index is 1.79. The van der Waals surface area contributed by atoms with Gasteiger partial charge in [-0.3, -0.25) is 15.1 Å². The van der Waals surface area contributed by atoms with Crippen molar-refractivity contribution in [2.45, 2.75) is 13.5 Å². The van der Waals surface area contributed by atoms with Gasteiger partial charge < -0.3 is 14.5 Å². The molecule has 142 valence electrons. The van der Waals surface area contributed by atoms with E-state index in [1.807, 2.05) is 25.1 Å². The number of aromatic amines is 1. The van der Waals surface area contributed by atoms with Crippen molar-refractivity contribution in [3.05, 3.63) is 69.0 Å². The Morgan fingerprint density at radius 2 is 1.93 bits per heavy atom. The molecule has 0 spiro atoms. The zero-order valence-corrected chi connectivity index (χ0v) is 15.9. The molecule has 2 aromatic carbocycles. The Morgan fingerprint density at radius 1 is 1.18 bits per heavy atom. The van der Waals surface area contributed by atoms with Gasteiger partial charge in [0.05, 0.1) is 23.2 Å². The van der Waals surface area contributed by atoms with E-state index in [1.54, 1.807) is 13.3 Å². The number of aryl methyl sites for hydroxylation is 1. The summed E-state index contributed by atoms with van der Waals surface area (Å²) in [7, 11) is 1.65. The number of rotatable bonds is 5. The molecule has 4 aromatic rings. The fraction of sp³-hybridized carbons (Fsp3) is 0.150. The van der Waals surface area contributed by atoms with E-state index < -0.39 is 4.92 Å². The van der Waals surface area contributed by atoms with Crippen LogP contribution in [0.1, 0.15) is 11.3 Å². The maximum Gasteiger partial charge on any atom is 0.288 e. The highest BCUT2D eigenvalue weighted by atomic mass is 35.5. The van der Waals surface area contributed by atoms with Crippen molar-refractivity contribution < 1.29 is 14.4 Å². The summed E-state index contributed by atoms with van der Waals surface area (Å²) in [5, 5.41) is 13.0. The van der Waals surface area contributed by atoms with E-state index in [0.717, 1.165) is 33.1 Å². The number of benzene rings is 2. The van der Waals surface area contributed by atoms with Gasteiger partial charge in [0.15, 0.2) is 0 Å². The van der Waals surface area contributed by atoms with Gasteiger partial charge in [-0.05, 0) is 31.2 Å². The number of aromatic nitrogens is 2. The Morgan fingerprint density at radius 3 is 2.64 bits per heavy atom. The van der Waals surface area contributed by atoms with Crippen LogP contribution in [0.25, 0.3) is 21.8 Å². The molecule has 2 heterocycles. The number of fused-ring (bicyclic) bond motifs is 3. The lowest BCUT2D eigenvalue weighted by Gasteiger charge is -2.08. The monoisotopic (exact) mass is 397 g/mol. The minimum atomic E-state index is -0.530. The van der Waals surface area contributed by atoms with E-state index in [4.69, 9.17) is 21.1 Å². The molecule has 0 aliphatic rings. The number of ether oxygens (including phenoxy) is 2. The predicted octanol–water partition coefficient (Wildman–Crippen LogP) is 5.52. The third-order valence-electron chi connectivity index (χ3n) is 4.57. The third-order valence-corrected chi connectivity index (χ3v) is 4.87. The number of nitro benzene ring substituents is 1. The second-order valence-corrected chi connectivity index (χ2v) is 6.76. The van der Waals surface area contributed by atoms with Crippen LogP contribution in [0.4, 0.5) is 5.69 Å². The Hall–Kier alpha value is -3.16. The van der Waals surface area contributed by atoms with Crippen LogP contribution < -0.4 is 4.74 Å². The quantitative estimate of drug-likeness (QED) is 0.353. The standard InChI is InChI=1S/C20H16ClN3O4/c1-11-15(10-27-2)20-14-7-12(3-5-17(14)23-18(20)9-22-11)28-13-4-6-19(24(25)26)16(21)8-13/h3-9,23H,10H2,1-2H3. The van der Waals surface area contributed by atoms with E-state index in [0.29, 0.717) is 18.1 Å². The number of nitro groups is 1. The van der Waals surface area contributed by atoms with Crippen LogP contribution in [-0.4, -0.2) is 22.0 Å². The van der Waals surface area contributed by atoms with Crippen molar-refractivity contribution in [1.82, 2.24) is 9.97 Å². The van der Waals surface area contributed by atoms with Crippen molar-refractivity contribution in [1.29, 1.82) is 0 Å². The second-order valence-electron chi connectivity index (χ2n) is 6.35. The molecule has 4 rings (SSSR count). The Kier molecular flexibility index (Phi) is 4.62. The SMILES string of the molecule is COCc1c(C)ncc2[nH]c3ccc(Oc4ccc([N+](=O)[O-])c(Cl)c4)cc3c12. The third kappa shape index (κ3) is 3.15. The van der Waals surface area contributed by atoms with Crippen LogP contribution in [0.5, 0.6) is 11.5 Å². The molecule has 0 aliphatic heterocycles. The topological polar surface area (TPSA) is 90.3 Å². The molecule has 0 amide bonds. The molecule has 0 fully saturated rings. The lowest BCUT2D eigenvalue weighted by atomic mass is 10.1. The van der Waals surface area contributed by atoms with E-state index in [1.165, 1.54) is 18.2 Å². The molecule has 0 radical (unpaired) electrons. The smallest absolute Gasteiger partial charge is 0.288 e. The van der Waals surface area contributed by atoms with Crippen molar-refractivity contribution in [3.63, 3.8) is 0 Å². The first kappa shape index (κ1) is 18.2. The van der Waals surface area contributed by atoms with E-state index in [-0.39, 0.29) is 10.7 Å². The van der Waals surface area contributed by atoms with Crippen molar-refractivity contribution >= 4 is 39.1 Å². The molecule has 0 atom stereocenters. The number of pyridine rings is 1. The zero-order chi connectivity index (χ0) is 19.8. The summed E-state index contributed by atoms with van der Waals surface area (Å²) in [4.78, 5) is 18.2. The molecule has 0 bridgehead atoms. The van der Waals surface area contributed by atoms with Gasteiger partial charge in [0, 0.05) is 46.8 Å². The van der Waals surface area contributed by atoms with Gasteiger partial charge in [-0.2, -0.15) is 0 Å². The van der Waals surface area contributed by atoms with Crippen LogP contribution in [-0.2, 0) is 11.3 Å². The highest BCUT2D eigenvalue weighted by Crippen LogP contribution is 2.35. The summed E-state index contributed by atoms with van der Waals surface area (Å²) >= 11 is 5.97. The highest BCUT2D eigenvalue weighted by Gasteiger charge is 2.15. The number of hydrogen-bond donors (Lipinski definition) is 1. The van der Waals surface area contributed by atoms with Gasteiger partial charge in [-0.1, -0.05) is 11.6 Å². The van der Waals surface area contributed by atoms with E-state index in [9.17, 15) is 10.1 Å². The molecule has 2 aromatic heterocycles. The number of methoxy groups -OCH3 is 1. The summed E-state index contributed by atoms with van der Waals surface area (Å²) in [5.41, 5.74) is 3.63. The molecule has 1 N–H and O–H groups in total. The number of hydrogen-bond acceptors (Lipinski definition) is 5. The molecular formula is C20H16ClN3O4. The summed E-state index contributed by atoms with van der Waals surface area (Å²) in [5.74, 6) is 1.01. The fourth-order valence-corrected chi connectivity index (χ4v) is 3.49. The maximum atomic E-state index is 10.9. The molecule has 0 saturated heterocycles. The zero-order valence-electron chi connectivity index (χ0n) is 15.2. The first-order chi connectivity index (χ1) is 13.5. The molecular weight excluding hydrogens is 382 g/mol. The summed E-state index contributed by atoms with van der Waals surface area (Å²) in [6.45, 7) is 2.40. The first-order valence-electron chi connectivity index (χ1n) is 8.48. The number of halogens is 1. The minimum absolute atomic E-state index is 0.0275. The lowest BCUT2D eigenvalue weighted by Crippen LogP contribution is -1.95. The van der Waals surface area contributed by atoms with Crippen LogP contribution >= 0.6 is 11.6 Å². The van der Waals surface area contributed by atoms with E-state index in [2.05, 4.69) is 9.97 Å². The normalized spacial score (nSPS) is 11.2. The summed E-state index contributed by atoms with van der Waals surface area (Å²) in [6.07, 6.45) is 1.81. The molecule has 0 saturated carbocycles. The average molecular weight is 398 g/mol. The first-order valence-corrected chi connectivity index (χ1v) is 8.86. The van der Waals surface area contributed by atoms with Crippen LogP contribution in [0.2, 0.25) is 5.02 Å². The van der Waals surface area contributed by atoms with Gasteiger partial charge in [0.25, 0.3) is 5.69 Å². The number of nitrogens with zero attached hydrogens (tertiary/aromatic N) is 2. The van der Waals surface area contributed by atoms with Gasteiger partial charge in [-0.25, -0.2) is 0 Å². The largest absolute Gasteiger partial charge is 0.457 e. The van der Waals surface area contributed by atoms with Gasteiger partial charge in [0.2, 0.25) is 0 Å². The molecule has 8 heteroatoms. The number of H-pyrrole nitrogens is 1. The van der Waals surface area contributed by atoms with Gasteiger partial charge in [-0.15, -0.1) is 0 Å². The Labute approximate surface area is 165 Å². The minimum Gasteiger partial charge on any atom is -0.457 e. The van der Waals surface area contributed by atoms with Crippen LogP contribution in [0.15, 0.2) is 42.6 Å². The number of nitrogens with one attached hydrogen (secondary N) is 1. The van der Waals surface area contributed by atoms with Crippen LogP contribution in [0, 0.1) is 17.0 Å². The van der Waals surface area contributed by atoms with Crippen molar-refractivity contribution in [2.75, 3.05) is 7.11 Å². The Bertz CT molecular complexity index is 1220. The predicted molar refractivity (Wildman–Crippen MR) is 107 cm³/mol. The molecule has 0 unspecified atom stereocenters. The highest BCUT2D eigenvalue weighted by molar-refractivity contribution is 6.32. The van der Waals surface area contributed by atoms with Gasteiger partial charge in [0.1, 0.15) is 16.5 Å². The van der Waals surface area contributed by atoms with E-state index >= 15 is 0 Å². The lowest BCUT2D eigenvalue weighted by molar-refractivity contribution is -0.384. The van der Waals surface area contributed by atoms with Crippen LogP contribution in [0.3, 0.4) is 0 Å². The average Bonchev–Trinajstić information content (AvgIpc) is 3.02. The molecule has 7 nitrogen and oxygen atoms in total. The second kappa shape index (κ2) is 7.10. The van der Waals surface area contributed by atoms with Crippen molar-refractivity contribution in [2.24, 2.45) is 0 Å². The molecule has 28 heavy (non-hydrogen) atoms. The summed E-state index contributed by atoms with van der Waals surface area (Å²) < 4.78 is 11.2. The molecule has 0 aliphatic carbocycles. The van der Waals surface area contributed by atoms with Gasteiger partial charge >= 0.3 is 0 Å². The van der Waals surface area contributed by atoms with Crippen molar-refractivity contribution in [3.8, 4) is 11.5 Å². The summed E-state index contributed by atoms with van der Waals surface area (Å²) in [6, 6.07) is 9.94.